The van der Waals surface area contributed by atoms with Crippen LogP contribution in [0.2, 0.25) is 0 Å². The number of benzene rings is 1. The van der Waals surface area contributed by atoms with Crippen LogP contribution in [0.15, 0.2) is 18.2 Å². The average Bonchev–Trinajstić information content (AvgIpc) is 2.08. The van der Waals surface area contributed by atoms with Gasteiger partial charge in [0.2, 0.25) is 0 Å². The first-order chi connectivity index (χ1) is 6.92. The smallest absolute Gasteiger partial charge is 0.494 e. The molecule has 0 saturated carbocycles. The minimum atomic E-state index is -4.73. The number of hydrogen-bond acceptors (Lipinski definition) is 3. The predicted octanol–water partition coefficient (Wildman–Crippen LogP) is 2.57. The van der Waals surface area contributed by atoms with Crippen LogP contribution in [0.1, 0.15) is 6.92 Å². The number of ether oxygens (including phenoxy) is 2. The molecule has 0 spiro atoms. The van der Waals surface area contributed by atoms with Crippen molar-refractivity contribution in [2.24, 2.45) is 0 Å². The Morgan fingerprint density at radius 1 is 1.33 bits per heavy atom. The van der Waals surface area contributed by atoms with Crippen LogP contribution < -0.4 is 15.2 Å². The zero-order chi connectivity index (χ0) is 11.5. The standard InChI is InChI=1S/C9H10F3NO2/c1-2-14-6-3-4-8(7(13)5-6)15-9(10,11)12/h3-5H,2,13H2,1H3. The maximum atomic E-state index is 11.9. The number of rotatable bonds is 3. The highest BCUT2D eigenvalue weighted by atomic mass is 19.4. The summed E-state index contributed by atoms with van der Waals surface area (Å²) in [7, 11) is 0. The summed E-state index contributed by atoms with van der Waals surface area (Å²) in [4.78, 5) is 0. The first-order valence-electron chi connectivity index (χ1n) is 4.20. The highest BCUT2D eigenvalue weighted by molar-refractivity contribution is 5.56. The minimum Gasteiger partial charge on any atom is -0.494 e. The fraction of sp³-hybridized carbons (Fsp3) is 0.333. The van der Waals surface area contributed by atoms with Crippen LogP contribution in [-0.4, -0.2) is 13.0 Å². The normalized spacial score (nSPS) is 11.2. The number of halogens is 3. The molecular formula is C9H10F3NO2. The maximum Gasteiger partial charge on any atom is 0.573 e. The summed E-state index contributed by atoms with van der Waals surface area (Å²) in [6.45, 7) is 2.18. The Bertz CT molecular complexity index is 339. The van der Waals surface area contributed by atoms with Gasteiger partial charge in [0.15, 0.2) is 5.75 Å². The zero-order valence-corrected chi connectivity index (χ0v) is 7.97. The van der Waals surface area contributed by atoms with Crippen LogP contribution in [0.3, 0.4) is 0 Å². The van der Waals surface area contributed by atoms with Crippen molar-refractivity contribution in [1.82, 2.24) is 0 Å². The van der Waals surface area contributed by atoms with Gasteiger partial charge in [-0.05, 0) is 19.1 Å². The Labute approximate surface area is 84.6 Å². The van der Waals surface area contributed by atoms with Crippen LogP contribution >= 0.6 is 0 Å². The molecule has 1 aromatic rings. The third-order valence-corrected chi connectivity index (χ3v) is 1.52. The van der Waals surface area contributed by atoms with Crippen LogP contribution in [0.5, 0.6) is 11.5 Å². The molecule has 84 valence electrons. The van der Waals surface area contributed by atoms with Crippen LogP contribution in [0, 0.1) is 0 Å². The van der Waals surface area contributed by atoms with Crippen molar-refractivity contribution in [2.75, 3.05) is 12.3 Å². The first kappa shape index (κ1) is 11.5. The zero-order valence-electron chi connectivity index (χ0n) is 7.97. The highest BCUT2D eigenvalue weighted by Gasteiger charge is 2.31. The van der Waals surface area contributed by atoms with E-state index in [2.05, 4.69) is 4.74 Å². The quantitative estimate of drug-likeness (QED) is 0.798. The molecule has 0 radical (unpaired) electrons. The van der Waals surface area contributed by atoms with Gasteiger partial charge in [0.25, 0.3) is 0 Å². The van der Waals surface area contributed by atoms with Crippen LogP contribution in [0.25, 0.3) is 0 Å². The van der Waals surface area contributed by atoms with E-state index in [4.69, 9.17) is 10.5 Å². The summed E-state index contributed by atoms with van der Waals surface area (Å²) >= 11 is 0. The van der Waals surface area contributed by atoms with Gasteiger partial charge in [-0.3, -0.25) is 0 Å². The lowest BCUT2D eigenvalue weighted by Gasteiger charge is -2.12. The van der Waals surface area contributed by atoms with Crippen LogP contribution in [-0.2, 0) is 0 Å². The molecule has 0 atom stereocenters. The molecule has 0 heterocycles. The van der Waals surface area contributed by atoms with E-state index in [1.54, 1.807) is 6.92 Å². The van der Waals surface area contributed by atoms with E-state index in [1.807, 2.05) is 0 Å². The van der Waals surface area contributed by atoms with Gasteiger partial charge in [0.05, 0.1) is 12.3 Å². The topological polar surface area (TPSA) is 44.5 Å². The second-order valence-electron chi connectivity index (χ2n) is 2.68. The number of nitrogen functional groups attached to an aromatic ring is 1. The van der Waals surface area contributed by atoms with Crippen molar-refractivity contribution in [1.29, 1.82) is 0 Å². The van der Waals surface area contributed by atoms with Gasteiger partial charge in [-0.1, -0.05) is 0 Å². The van der Waals surface area contributed by atoms with Crippen molar-refractivity contribution >= 4 is 5.69 Å². The third-order valence-electron chi connectivity index (χ3n) is 1.52. The van der Waals surface area contributed by atoms with Crippen molar-refractivity contribution in [3.05, 3.63) is 18.2 Å². The number of alkyl halides is 3. The van der Waals surface area contributed by atoms with E-state index in [1.165, 1.54) is 12.1 Å². The lowest BCUT2D eigenvalue weighted by atomic mass is 10.3. The summed E-state index contributed by atoms with van der Waals surface area (Å²) < 4.78 is 44.3. The molecule has 0 aliphatic carbocycles. The minimum absolute atomic E-state index is 0.113. The van der Waals surface area contributed by atoms with E-state index in [0.29, 0.717) is 12.4 Å². The molecule has 0 fully saturated rings. The van der Waals surface area contributed by atoms with Crippen molar-refractivity contribution in [3.63, 3.8) is 0 Å². The second kappa shape index (κ2) is 4.29. The van der Waals surface area contributed by atoms with Gasteiger partial charge in [-0.2, -0.15) is 0 Å². The predicted molar refractivity (Wildman–Crippen MR) is 48.7 cm³/mol. The Kier molecular flexibility index (Phi) is 3.28. The molecule has 0 saturated heterocycles. The molecule has 0 aromatic heterocycles. The SMILES string of the molecule is CCOc1ccc(OC(F)(F)F)c(N)c1. The third kappa shape index (κ3) is 3.57. The van der Waals surface area contributed by atoms with E-state index < -0.39 is 12.1 Å². The number of hydrogen-bond donors (Lipinski definition) is 1. The van der Waals surface area contributed by atoms with Gasteiger partial charge in [-0.15, -0.1) is 13.2 Å². The molecule has 0 aliphatic heterocycles. The lowest BCUT2D eigenvalue weighted by Crippen LogP contribution is -2.18. The fourth-order valence-electron chi connectivity index (χ4n) is 1.00. The highest BCUT2D eigenvalue weighted by Crippen LogP contribution is 2.31. The van der Waals surface area contributed by atoms with Gasteiger partial charge in [-0.25, -0.2) is 0 Å². The summed E-state index contributed by atoms with van der Waals surface area (Å²) in [5, 5.41) is 0. The monoisotopic (exact) mass is 221 g/mol. The number of anilines is 1. The van der Waals surface area contributed by atoms with Gasteiger partial charge < -0.3 is 15.2 Å². The summed E-state index contributed by atoms with van der Waals surface area (Å²) in [6.07, 6.45) is -4.73. The van der Waals surface area contributed by atoms with Gasteiger partial charge >= 0.3 is 6.36 Å². The van der Waals surface area contributed by atoms with E-state index in [9.17, 15) is 13.2 Å². The Hall–Kier alpha value is -1.59. The second-order valence-corrected chi connectivity index (χ2v) is 2.68. The van der Waals surface area contributed by atoms with E-state index in [-0.39, 0.29) is 5.69 Å². The molecule has 15 heavy (non-hydrogen) atoms. The van der Waals surface area contributed by atoms with Crippen LogP contribution in [0.4, 0.5) is 18.9 Å². The lowest BCUT2D eigenvalue weighted by molar-refractivity contribution is -0.274. The molecule has 2 N–H and O–H groups in total. The van der Waals surface area contributed by atoms with Crippen molar-refractivity contribution in [3.8, 4) is 11.5 Å². The van der Waals surface area contributed by atoms with Crippen molar-refractivity contribution < 1.29 is 22.6 Å². The van der Waals surface area contributed by atoms with E-state index in [0.717, 1.165) is 6.07 Å². The maximum absolute atomic E-state index is 11.9. The van der Waals surface area contributed by atoms with Gasteiger partial charge in [0, 0.05) is 6.07 Å². The average molecular weight is 221 g/mol. The summed E-state index contributed by atoms with van der Waals surface area (Å²) in [5.41, 5.74) is 5.24. The fourth-order valence-corrected chi connectivity index (χ4v) is 1.00. The van der Waals surface area contributed by atoms with E-state index >= 15 is 0 Å². The molecule has 6 heteroatoms. The van der Waals surface area contributed by atoms with Crippen molar-refractivity contribution in [2.45, 2.75) is 13.3 Å². The molecule has 0 unspecified atom stereocenters. The number of nitrogens with two attached hydrogens (primary N) is 1. The molecular weight excluding hydrogens is 211 g/mol. The Morgan fingerprint density at radius 2 is 2.00 bits per heavy atom. The molecule has 1 aromatic carbocycles. The Balaban J connectivity index is 2.84. The Morgan fingerprint density at radius 3 is 2.47 bits per heavy atom. The molecule has 0 aliphatic rings. The largest absolute Gasteiger partial charge is 0.573 e. The first-order valence-corrected chi connectivity index (χ1v) is 4.20. The summed E-state index contributed by atoms with van der Waals surface area (Å²) in [6, 6.07) is 3.76. The molecule has 0 bridgehead atoms. The molecule has 3 nitrogen and oxygen atoms in total. The van der Waals surface area contributed by atoms with Gasteiger partial charge in [0.1, 0.15) is 5.75 Å². The molecule has 0 amide bonds. The molecule has 1 rings (SSSR count). The summed E-state index contributed by atoms with van der Waals surface area (Å²) in [5.74, 6) is -0.0181.